The van der Waals surface area contributed by atoms with Crippen molar-refractivity contribution in [2.24, 2.45) is 10.8 Å². The third-order valence-electron chi connectivity index (χ3n) is 4.15. The van der Waals surface area contributed by atoms with Crippen molar-refractivity contribution in [3.63, 3.8) is 0 Å². The summed E-state index contributed by atoms with van der Waals surface area (Å²) in [6.07, 6.45) is 4.36. The summed E-state index contributed by atoms with van der Waals surface area (Å²) < 4.78 is 0. The van der Waals surface area contributed by atoms with Gasteiger partial charge in [-0.05, 0) is 18.3 Å². The largest absolute Gasteiger partial charge is 0.478 e. The molecule has 0 heterocycles. The van der Waals surface area contributed by atoms with Crippen molar-refractivity contribution >= 4 is 5.97 Å². The number of aliphatic carboxylic acids is 1. The molecule has 1 aliphatic rings. The summed E-state index contributed by atoms with van der Waals surface area (Å²) in [5.74, 6) is -0.845. The molecule has 1 aliphatic carbocycles. The van der Waals surface area contributed by atoms with E-state index in [4.69, 9.17) is 5.11 Å². The minimum absolute atomic E-state index is 0.0563. The number of rotatable bonds is 2. The Bertz CT molecular complexity index is 265. The molecule has 14 heavy (non-hydrogen) atoms. The first-order valence-electron chi connectivity index (χ1n) is 5.24. The lowest BCUT2D eigenvalue weighted by Crippen LogP contribution is -2.41. The minimum Gasteiger partial charge on any atom is -0.478 e. The van der Waals surface area contributed by atoms with Gasteiger partial charge in [-0.1, -0.05) is 40.2 Å². The number of hydrogen-bond donors (Lipinski definition) is 1. The fraction of sp³-hybridized carbons (Fsp3) is 0.750. The number of hydrogen-bond acceptors (Lipinski definition) is 1. The van der Waals surface area contributed by atoms with E-state index in [1.54, 1.807) is 0 Å². The Labute approximate surface area is 86.0 Å². The normalized spacial score (nSPS) is 31.1. The molecule has 0 spiro atoms. The van der Waals surface area contributed by atoms with Crippen molar-refractivity contribution in [1.82, 2.24) is 0 Å². The zero-order valence-corrected chi connectivity index (χ0v) is 9.39. The third kappa shape index (κ3) is 1.58. The smallest absolute Gasteiger partial charge is 0.331 e. The zero-order chi connectivity index (χ0) is 11.0. The van der Waals surface area contributed by atoms with Crippen LogP contribution in [-0.4, -0.2) is 11.1 Å². The fourth-order valence-corrected chi connectivity index (χ4v) is 2.46. The molecule has 1 saturated carbocycles. The summed E-state index contributed by atoms with van der Waals surface area (Å²) in [6, 6.07) is 0. The molecule has 0 aromatic heterocycles. The average molecular weight is 196 g/mol. The van der Waals surface area contributed by atoms with Gasteiger partial charge in [0.05, 0.1) is 0 Å². The monoisotopic (exact) mass is 196 g/mol. The van der Waals surface area contributed by atoms with Gasteiger partial charge in [0.15, 0.2) is 0 Å². The lowest BCUT2D eigenvalue weighted by atomic mass is 9.56. The van der Waals surface area contributed by atoms with Crippen LogP contribution in [0.4, 0.5) is 0 Å². The summed E-state index contributed by atoms with van der Waals surface area (Å²) >= 11 is 0. The molecule has 0 bridgehead atoms. The van der Waals surface area contributed by atoms with E-state index >= 15 is 0 Å². The van der Waals surface area contributed by atoms with Crippen molar-refractivity contribution in [3.8, 4) is 0 Å². The van der Waals surface area contributed by atoms with Crippen LogP contribution in [0, 0.1) is 10.8 Å². The summed E-state index contributed by atoms with van der Waals surface area (Å²) in [5.41, 5.74) is 0.194. The second-order valence-electron chi connectivity index (χ2n) is 5.21. The van der Waals surface area contributed by atoms with Crippen LogP contribution in [0.15, 0.2) is 12.2 Å². The molecular weight excluding hydrogens is 176 g/mol. The summed E-state index contributed by atoms with van der Waals surface area (Å²) in [4.78, 5) is 11.0. The van der Waals surface area contributed by atoms with Crippen molar-refractivity contribution in [1.29, 1.82) is 0 Å². The van der Waals surface area contributed by atoms with Gasteiger partial charge in [0, 0.05) is 11.0 Å². The van der Waals surface area contributed by atoms with Gasteiger partial charge in [0.1, 0.15) is 0 Å². The fourth-order valence-electron chi connectivity index (χ4n) is 2.46. The van der Waals surface area contributed by atoms with E-state index in [-0.39, 0.29) is 10.8 Å². The molecule has 0 amide bonds. The first-order valence-corrected chi connectivity index (χ1v) is 5.24. The van der Waals surface area contributed by atoms with Gasteiger partial charge in [0.2, 0.25) is 0 Å². The predicted molar refractivity (Wildman–Crippen MR) is 57.1 cm³/mol. The van der Waals surface area contributed by atoms with Crippen LogP contribution >= 0.6 is 0 Å². The molecule has 1 N–H and O–H groups in total. The van der Waals surface area contributed by atoms with E-state index in [1.807, 2.05) is 6.92 Å². The Hall–Kier alpha value is -0.790. The lowest BCUT2D eigenvalue weighted by molar-refractivity contribution is -0.135. The van der Waals surface area contributed by atoms with Crippen molar-refractivity contribution in [2.45, 2.75) is 46.5 Å². The number of carboxylic acids is 1. The molecule has 0 aliphatic heterocycles. The second kappa shape index (κ2) is 3.41. The zero-order valence-electron chi connectivity index (χ0n) is 9.39. The Balaban J connectivity index is 3.00. The van der Waals surface area contributed by atoms with E-state index in [0.717, 1.165) is 19.3 Å². The van der Waals surface area contributed by atoms with E-state index in [0.29, 0.717) is 5.57 Å². The average Bonchev–Trinajstić information content (AvgIpc) is 2.08. The Morgan fingerprint density at radius 3 is 2.14 bits per heavy atom. The summed E-state index contributed by atoms with van der Waals surface area (Å²) in [7, 11) is 0. The lowest BCUT2D eigenvalue weighted by Gasteiger charge is -2.48. The SMILES string of the molecule is C=C(C(=O)O)C1(C)CCCCC1(C)C. The highest BCUT2D eigenvalue weighted by atomic mass is 16.4. The molecular formula is C12H20O2. The van der Waals surface area contributed by atoms with Gasteiger partial charge in [-0.3, -0.25) is 0 Å². The van der Waals surface area contributed by atoms with Crippen LogP contribution in [-0.2, 0) is 4.79 Å². The van der Waals surface area contributed by atoms with Crippen LogP contribution in [0.25, 0.3) is 0 Å². The molecule has 1 fully saturated rings. The number of carbonyl (C=O) groups is 1. The van der Waals surface area contributed by atoms with E-state index < -0.39 is 5.97 Å². The van der Waals surface area contributed by atoms with Crippen LogP contribution in [0.3, 0.4) is 0 Å². The highest BCUT2D eigenvalue weighted by Crippen LogP contribution is 2.53. The first-order chi connectivity index (χ1) is 6.31. The molecule has 0 saturated heterocycles. The minimum atomic E-state index is -0.845. The highest BCUT2D eigenvalue weighted by Gasteiger charge is 2.46. The molecule has 2 heteroatoms. The van der Waals surface area contributed by atoms with Gasteiger partial charge in [-0.15, -0.1) is 0 Å². The van der Waals surface area contributed by atoms with Crippen LogP contribution in [0.2, 0.25) is 0 Å². The maximum Gasteiger partial charge on any atom is 0.331 e. The maximum absolute atomic E-state index is 11.0. The van der Waals surface area contributed by atoms with Crippen LogP contribution in [0.1, 0.15) is 46.5 Å². The van der Waals surface area contributed by atoms with Crippen LogP contribution in [0.5, 0.6) is 0 Å². The first kappa shape index (κ1) is 11.3. The molecule has 1 unspecified atom stereocenters. The highest BCUT2D eigenvalue weighted by molar-refractivity contribution is 5.87. The van der Waals surface area contributed by atoms with Gasteiger partial charge in [0.25, 0.3) is 0 Å². The molecule has 1 rings (SSSR count). The second-order valence-corrected chi connectivity index (χ2v) is 5.21. The molecule has 80 valence electrons. The van der Waals surface area contributed by atoms with E-state index in [2.05, 4.69) is 20.4 Å². The van der Waals surface area contributed by atoms with Crippen molar-refractivity contribution in [3.05, 3.63) is 12.2 Å². The Morgan fingerprint density at radius 1 is 1.21 bits per heavy atom. The molecule has 0 aromatic carbocycles. The van der Waals surface area contributed by atoms with Crippen molar-refractivity contribution in [2.75, 3.05) is 0 Å². The third-order valence-corrected chi connectivity index (χ3v) is 4.15. The molecule has 0 aromatic rings. The molecule has 1 atom stereocenters. The molecule has 0 radical (unpaired) electrons. The predicted octanol–water partition coefficient (Wildman–Crippen LogP) is 3.23. The van der Waals surface area contributed by atoms with Gasteiger partial charge in [-0.2, -0.15) is 0 Å². The standard InChI is InChI=1S/C12H20O2/c1-9(10(13)14)12(4)8-6-5-7-11(12,2)3/h1,5-8H2,2-4H3,(H,13,14). The molecule has 2 nitrogen and oxygen atoms in total. The van der Waals surface area contributed by atoms with E-state index in [9.17, 15) is 4.79 Å². The maximum atomic E-state index is 11.0. The van der Waals surface area contributed by atoms with E-state index in [1.165, 1.54) is 6.42 Å². The van der Waals surface area contributed by atoms with Gasteiger partial charge >= 0.3 is 5.97 Å². The van der Waals surface area contributed by atoms with Crippen molar-refractivity contribution < 1.29 is 9.90 Å². The summed E-state index contributed by atoms with van der Waals surface area (Å²) in [5, 5.41) is 9.03. The summed E-state index contributed by atoms with van der Waals surface area (Å²) in [6.45, 7) is 10.1. The quantitative estimate of drug-likeness (QED) is 0.688. The number of carboxylic acid groups (broad SMARTS) is 1. The Kier molecular flexibility index (Phi) is 2.75. The Morgan fingerprint density at radius 2 is 1.71 bits per heavy atom. The van der Waals surface area contributed by atoms with Gasteiger partial charge in [-0.25, -0.2) is 4.79 Å². The topological polar surface area (TPSA) is 37.3 Å². The van der Waals surface area contributed by atoms with Crippen LogP contribution < -0.4 is 0 Å². The van der Waals surface area contributed by atoms with Gasteiger partial charge < -0.3 is 5.11 Å².